The van der Waals surface area contributed by atoms with Gasteiger partial charge < -0.3 is 14.8 Å². The molecule has 18 heavy (non-hydrogen) atoms. The molecule has 0 fully saturated rings. The SMILES string of the molecule is O=C(NC(O)(C(F)(F)F)C(F)(F)F)c1ccco1. The molecule has 102 valence electrons. The van der Waals surface area contributed by atoms with Gasteiger partial charge in [0.15, 0.2) is 5.76 Å². The van der Waals surface area contributed by atoms with Crippen LogP contribution in [0.4, 0.5) is 26.3 Å². The molecule has 0 atom stereocenters. The number of nitrogens with one attached hydrogen (secondary N) is 1. The van der Waals surface area contributed by atoms with Gasteiger partial charge in [-0.25, -0.2) is 0 Å². The number of rotatable bonds is 2. The Balaban J connectivity index is 3.05. The van der Waals surface area contributed by atoms with Crippen LogP contribution in [0.5, 0.6) is 0 Å². The summed E-state index contributed by atoms with van der Waals surface area (Å²) >= 11 is 0. The molecular weight excluding hydrogens is 272 g/mol. The van der Waals surface area contributed by atoms with E-state index in [1.54, 1.807) is 0 Å². The van der Waals surface area contributed by atoms with Gasteiger partial charge in [0.1, 0.15) is 0 Å². The van der Waals surface area contributed by atoms with E-state index in [1.807, 2.05) is 0 Å². The van der Waals surface area contributed by atoms with Crippen molar-refractivity contribution in [2.24, 2.45) is 0 Å². The predicted molar refractivity (Wildman–Crippen MR) is 43.2 cm³/mol. The van der Waals surface area contributed by atoms with Gasteiger partial charge in [-0.05, 0) is 12.1 Å². The van der Waals surface area contributed by atoms with Crippen LogP contribution in [0.15, 0.2) is 22.8 Å². The third-order valence-electron chi connectivity index (χ3n) is 1.86. The Hall–Kier alpha value is -1.71. The van der Waals surface area contributed by atoms with Crippen molar-refractivity contribution >= 4 is 5.91 Å². The molecule has 0 saturated heterocycles. The molecule has 1 amide bonds. The fourth-order valence-electron chi connectivity index (χ4n) is 0.936. The second kappa shape index (κ2) is 4.19. The number of amides is 1. The molecule has 1 heterocycles. The van der Waals surface area contributed by atoms with E-state index in [0.29, 0.717) is 5.32 Å². The molecule has 0 aliphatic rings. The van der Waals surface area contributed by atoms with Crippen molar-refractivity contribution in [1.82, 2.24) is 5.32 Å². The monoisotopic (exact) mass is 277 g/mol. The van der Waals surface area contributed by atoms with E-state index < -0.39 is 29.7 Å². The summed E-state index contributed by atoms with van der Waals surface area (Å²) in [6.07, 6.45) is -11.4. The Morgan fingerprint density at radius 1 is 1.17 bits per heavy atom. The van der Waals surface area contributed by atoms with Gasteiger partial charge >= 0.3 is 18.1 Å². The first-order valence-corrected chi connectivity index (χ1v) is 4.21. The number of carbonyl (C=O) groups excluding carboxylic acids is 1. The Kier molecular flexibility index (Phi) is 3.34. The van der Waals surface area contributed by atoms with Gasteiger partial charge in [-0.15, -0.1) is 0 Å². The summed E-state index contributed by atoms with van der Waals surface area (Å²) in [5.41, 5.74) is -5.34. The van der Waals surface area contributed by atoms with Crippen LogP contribution >= 0.6 is 0 Å². The van der Waals surface area contributed by atoms with Gasteiger partial charge in [0.05, 0.1) is 6.26 Å². The molecule has 1 rings (SSSR count). The van der Waals surface area contributed by atoms with E-state index in [2.05, 4.69) is 4.42 Å². The van der Waals surface area contributed by atoms with E-state index in [4.69, 9.17) is 5.11 Å². The molecule has 1 aromatic heterocycles. The largest absolute Gasteiger partial charge is 0.459 e. The van der Waals surface area contributed by atoms with Gasteiger partial charge in [-0.3, -0.25) is 4.79 Å². The maximum absolute atomic E-state index is 12.2. The summed E-state index contributed by atoms with van der Waals surface area (Å²) in [5.74, 6) is -2.65. The zero-order valence-electron chi connectivity index (χ0n) is 8.26. The highest BCUT2D eigenvalue weighted by Crippen LogP contribution is 2.41. The van der Waals surface area contributed by atoms with Crippen LogP contribution < -0.4 is 5.32 Å². The number of halogens is 6. The van der Waals surface area contributed by atoms with E-state index >= 15 is 0 Å². The molecule has 0 radical (unpaired) electrons. The highest BCUT2D eigenvalue weighted by Gasteiger charge is 2.72. The Labute approximate surface area is 95.2 Å². The van der Waals surface area contributed by atoms with Crippen LogP contribution in [-0.4, -0.2) is 29.1 Å². The Bertz CT molecular complexity index is 407. The second-order valence-corrected chi connectivity index (χ2v) is 3.14. The van der Waals surface area contributed by atoms with E-state index in [0.717, 1.165) is 18.4 Å². The second-order valence-electron chi connectivity index (χ2n) is 3.14. The van der Waals surface area contributed by atoms with E-state index in [9.17, 15) is 31.1 Å². The van der Waals surface area contributed by atoms with Crippen LogP contribution in [0.3, 0.4) is 0 Å². The Morgan fingerprint density at radius 2 is 1.67 bits per heavy atom. The molecular formula is C8H5F6NO3. The van der Waals surface area contributed by atoms with Crippen LogP contribution in [-0.2, 0) is 0 Å². The lowest BCUT2D eigenvalue weighted by Crippen LogP contribution is -2.67. The summed E-state index contributed by atoms with van der Waals surface area (Å²) in [6.45, 7) is 0. The van der Waals surface area contributed by atoms with Gasteiger partial charge in [0.2, 0.25) is 0 Å². The summed E-state index contributed by atoms with van der Waals surface area (Å²) in [4.78, 5) is 11.0. The first kappa shape index (κ1) is 14.4. The number of aliphatic hydroxyl groups is 1. The number of furan rings is 1. The lowest BCUT2D eigenvalue weighted by molar-refractivity contribution is -0.375. The van der Waals surface area contributed by atoms with E-state index in [1.165, 1.54) is 0 Å². The van der Waals surface area contributed by atoms with Crippen molar-refractivity contribution in [2.45, 2.75) is 18.1 Å². The summed E-state index contributed by atoms with van der Waals surface area (Å²) in [5, 5.41) is 9.08. The van der Waals surface area contributed by atoms with Crippen molar-refractivity contribution in [2.75, 3.05) is 0 Å². The van der Waals surface area contributed by atoms with Crippen LogP contribution in [0.1, 0.15) is 10.6 Å². The molecule has 0 unspecified atom stereocenters. The fraction of sp³-hybridized carbons (Fsp3) is 0.375. The Morgan fingerprint density at radius 3 is 2.00 bits per heavy atom. The summed E-state index contributed by atoms with van der Waals surface area (Å²) < 4.78 is 77.4. The lowest BCUT2D eigenvalue weighted by atomic mass is 10.2. The number of carbonyl (C=O) groups is 1. The van der Waals surface area contributed by atoms with E-state index in [-0.39, 0.29) is 0 Å². The molecule has 0 aliphatic carbocycles. The van der Waals surface area contributed by atoms with Gasteiger partial charge in [-0.2, -0.15) is 26.3 Å². The quantitative estimate of drug-likeness (QED) is 0.640. The molecule has 0 saturated carbocycles. The van der Waals surface area contributed by atoms with Crippen molar-refractivity contribution < 1.29 is 40.7 Å². The topological polar surface area (TPSA) is 62.5 Å². The smallest absolute Gasteiger partial charge is 0.446 e. The number of hydrogen-bond donors (Lipinski definition) is 2. The number of alkyl halides is 6. The normalized spacial score (nSPS) is 13.5. The van der Waals surface area contributed by atoms with Crippen LogP contribution in [0.25, 0.3) is 0 Å². The maximum atomic E-state index is 12.2. The molecule has 0 bridgehead atoms. The highest BCUT2D eigenvalue weighted by atomic mass is 19.4. The zero-order chi connectivity index (χ0) is 14.2. The van der Waals surface area contributed by atoms with Crippen molar-refractivity contribution in [3.8, 4) is 0 Å². The highest BCUT2D eigenvalue weighted by molar-refractivity contribution is 5.91. The zero-order valence-corrected chi connectivity index (χ0v) is 8.26. The standard InChI is InChI=1S/C8H5F6NO3/c9-7(10,11)6(17,8(12,13)14)15-5(16)4-2-1-3-18-4/h1-3,17H,(H,15,16). The fourth-order valence-corrected chi connectivity index (χ4v) is 0.936. The van der Waals surface area contributed by atoms with Gasteiger partial charge in [-0.1, -0.05) is 0 Å². The first-order valence-electron chi connectivity index (χ1n) is 4.21. The molecule has 0 aliphatic heterocycles. The van der Waals surface area contributed by atoms with Crippen LogP contribution in [0, 0.1) is 0 Å². The molecule has 0 aromatic carbocycles. The van der Waals surface area contributed by atoms with Crippen molar-refractivity contribution in [3.05, 3.63) is 24.2 Å². The molecule has 4 nitrogen and oxygen atoms in total. The first-order chi connectivity index (χ1) is 7.99. The number of hydrogen-bond acceptors (Lipinski definition) is 3. The third-order valence-corrected chi connectivity index (χ3v) is 1.86. The molecule has 2 N–H and O–H groups in total. The minimum atomic E-state index is -6.13. The molecule has 0 spiro atoms. The average Bonchev–Trinajstić information content (AvgIpc) is 2.66. The lowest BCUT2D eigenvalue weighted by Gasteiger charge is -2.32. The van der Waals surface area contributed by atoms with Crippen molar-refractivity contribution in [1.29, 1.82) is 0 Å². The van der Waals surface area contributed by atoms with Gasteiger partial charge in [0, 0.05) is 0 Å². The van der Waals surface area contributed by atoms with Crippen molar-refractivity contribution in [3.63, 3.8) is 0 Å². The molecule has 1 aromatic rings. The predicted octanol–water partition coefficient (Wildman–Crippen LogP) is 1.82. The minimum Gasteiger partial charge on any atom is -0.459 e. The average molecular weight is 277 g/mol. The maximum Gasteiger partial charge on any atom is 0.446 e. The summed E-state index contributed by atoms with van der Waals surface area (Å²) in [6, 6.07) is 1.91. The molecule has 10 heteroatoms. The van der Waals surface area contributed by atoms with Gasteiger partial charge in [0.25, 0.3) is 5.91 Å². The van der Waals surface area contributed by atoms with Crippen LogP contribution in [0.2, 0.25) is 0 Å². The third kappa shape index (κ3) is 2.42. The summed E-state index contributed by atoms with van der Waals surface area (Å²) in [7, 11) is 0. The minimum absolute atomic E-state index is 0.449.